The second-order valence-electron chi connectivity index (χ2n) is 13.9. The van der Waals surface area contributed by atoms with E-state index in [1.807, 2.05) is 12.1 Å². The van der Waals surface area contributed by atoms with Crippen LogP contribution in [-0.2, 0) is 35.4 Å². The van der Waals surface area contributed by atoms with Crippen LogP contribution in [0.2, 0.25) is 0 Å². The first-order chi connectivity index (χ1) is 21.8. The molecule has 1 amide bonds. The number of benzene rings is 2. The lowest BCUT2D eigenvalue weighted by atomic mass is 9.58. The molecule has 0 bridgehead atoms. The van der Waals surface area contributed by atoms with Crippen LogP contribution in [-0.4, -0.2) is 86.0 Å². The van der Waals surface area contributed by atoms with Crippen molar-refractivity contribution in [3.05, 3.63) is 86.6 Å². The number of amides is 1. The summed E-state index contributed by atoms with van der Waals surface area (Å²) in [5, 5.41) is 45.4. The highest BCUT2D eigenvalue weighted by molar-refractivity contribution is 6.24. The van der Waals surface area contributed by atoms with Crippen molar-refractivity contribution in [3.8, 4) is 5.75 Å². The number of allylic oxidation sites excluding steroid dienone is 1. The smallest absolute Gasteiger partial charge is 0.255 e. The van der Waals surface area contributed by atoms with E-state index in [1.54, 1.807) is 14.1 Å². The first kappa shape index (κ1) is 30.6. The van der Waals surface area contributed by atoms with E-state index in [-0.39, 0.29) is 47.7 Å². The number of phenolic OH excluding ortho intramolecular Hbond substituents is 1. The molecule has 0 spiro atoms. The molecule has 5 aliphatic carbocycles. The van der Waals surface area contributed by atoms with E-state index in [2.05, 4.69) is 17.0 Å². The highest BCUT2D eigenvalue weighted by atomic mass is 19.1. The van der Waals surface area contributed by atoms with Crippen LogP contribution >= 0.6 is 0 Å². The molecule has 1 saturated carbocycles. The van der Waals surface area contributed by atoms with Crippen molar-refractivity contribution in [2.75, 3.05) is 20.6 Å². The third kappa shape index (κ3) is 4.51. The predicted molar refractivity (Wildman–Crippen MR) is 164 cm³/mol. The second-order valence-corrected chi connectivity index (χ2v) is 13.9. The van der Waals surface area contributed by atoms with Crippen molar-refractivity contribution in [1.29, 1.82) is 0 Å². The van der Waals surface area contributed by atoms with Crippen LogP contribution in [0.4, 0.5) is 4.39 Å². The van der Waals surface area contributed by atoms with E-state index < -0.39 is 69.6 Å². The van der Waals surface area contributed by atoms with Gasteiger partial charge in [0.15, 0.2) is 11.4 Å². The summed E-state index contributed by atoms with van der Waals surface area (Å²) in [7, 11) is 3.13. The van der Waals surface area contributed by atoms with E-state index in [4.69, 9.17) is 5.73 Å². The Balaban J connectivity index is 1.26. The Morgan fingerprint density at radius 3 is 2.30 bits per heavy atom. The zero-order valence-corrected chi connectivity index (χ0v) is 25.8. The summed E-state index contributed by atoms with van der Waals surface area (Å²) < 4.78 is 16.5. The normalized spacial score (nSPS) is 27.7. The number of rotatable bonds is 7. The lowest BCUT2D eigenvalue weighted by molar-refractivity contribution is -0.148. The molecule has 10 nitrogen and oxygen atoms in total. The lowest BCUT2D eigenvalue weighted by Crippen LogP contribution is -2.63. The molecule has 0 unspecified atom stereocenters. The number of primary amides is 1. The number of aliphatic hydroxyl groups excluding tert-OH is 2. The molecule has 6 N–H and O–H groups in total. The lowest BCUT2D eigenvalue weighted by Gasteiger charge is -2.50. The molecule has 0 heterocycles. The Bertz CT molecular complexity index is 1740. The molecule has 0 aromatic heterocycles. The number of carbonyl (C=O) groups excluding carboxylic acids is 3. The van der Waals surface area contributed by atoms with Crippen molar-refractivity contribution in [1.82, 2.24) is 9.80 Å². The van der Waals surface area contributed by atoms with Gasteiger partial charge in [-0.3, -0.25) is 24.2 Å². The monoisotopic (exact) mass is 631 g/mol. The highest BCUT2D eigenvalue weighted by Gasteiger charge is 2.63. The van der Waals surface area contributed by atoms with Gasteiger partial charge in [-0.15, -0.1) is 0 Å². The quantitative estimate of drug-likeness (QED) is 0.289. The van der Waals surface area contributed by atoms with Crippen molar-refractivity contribution >= 4 is 17.5 Å². The topological polar surface area (TPSA) is 165 Å². The summed E-state index contributed by atoms with van der Waals surface area (Å²) >= 11 is 0. The van der Waals surface area contributed by atoms with E-state index in [9.17, 15) is 34.8 Å². The van der Waals surface area contributed by atoms with Crippen LogP contribution in [0.3, 0.4) is 0 Å². The molecule has 1 fully saturated rings. The summed E-state index contributed by atoms with van der Waals surface area (Å²) in [6.45, 7) is 1.06. The van der Waals surface area contributed by atoms with Crippen molar-refractivity contribution < 1.29 is 39.2 Å². The van der Waals surface area contributed by atoms with Gasteiger partial charge < -0.3 is 26.2 Å². The van der Waals surface area contributed by atoms with Crippen molar-refractivity contribution in [2.24, 2.45) is 23.5 Å². The maximum absolute atomic E-state index is 16.5. The zero-order valence-electron chi connectivity index (χ0n) is 25.8. The van der Waals surface area contributed by atoms with E-state index in [0.717, 1.165) is 32.2 Å². The minimum atomic E-state index is -2.74. The third-order valence-electron chi connectivity index (χ3n) is 10.8. The number of hydrogen-bond acceptors (Lipinski definition) is 9. The average Bonchev–Trinajstić information content (AvgIpc) is 3.71. The van der Waals surface area contributed by atoms with Crippen LogP contribution in [0.1, 0.15) is 51.9 Å². The van der Waals surface area contributed by atoms with Gasteiger partial charge in [-0.2, -0.15) is 0 Å². The largest absolute Gasteiger partial charge is 0.510 e. The van der Waals surface area contributed by atoms with Crippen LogP contribution in [0.25, 0.3) is 0 Å². The number of fused-ring (bicyclic) bond motifs is 4. The maximum atomic E-state index is 16.5. The number of hydrogen-bond donors (Lipinski definition) is 5. The molecule has 2 aromatic rings. The molecule has 0 aliphatic heterocycles. The van der Waals surface area contributed by atoms with Gasteiger partial charge in [0.05, 0.1) is 11.6 Å². The van der Waals surface area contributed by atoms with Crippen molar-refractivity contribution in [2.45, 2.75) is 62.8 Å². The minimum absolute atomic E-state index is 0.0224. The number of halogens is 1. The fraction of sp³-hybridized carbons (Fsp3) is 0.457. The van der Waals surface area contributed by atoms with E-state index in [1.165, 1.54) is 22.1 Å². The van der Waals surface area contributed by atoms with Gasteiger partial charge in [-0.05, 0) is 81.6 Å². The number of phenols is 1. The van der Waals surface area contributed by atoms with Crippen LogP contribution in [0.5, 0.6) is 5.75 Å². The first-order valence-corrected chi connectivity index (χ1v) is 15.8. The Kier molecular flexibility index (Phi) is 7.15. The number of aromatic hydroxyl groups is 1. The number of Topliss-reactive ketones (excluding diaryl/α,β-unsaturated/α-hetero) is 2. The zero-order chi connectivity index (χ0) is 32.8. The SMILES string of the molecule is CN(C)[C@@H]1C(O)=C(C(N)=O)C(=O)[C@@]2(O)C(O)=C3C(=O)c4c(O)cc(CN(CC5CC5)C5Cc6ccccc6C5)c(F)c4C[C@H]3C[C@@H]12. The molecule has 46 heavy (non-hydrogen) atoms. The molecule has 242 valence electrons. The molecule has 7 rings (SSSR count). The summed E-state index contributed by atoms with van der Waals surface area (Å²) in [4.78, 5) is 43.3. The van der Waals surface area contributed by atoms with Gasteiger partial charge in [0.25, 0.3) is 5.91 Å². The Labute approximate surface area is 265 Å². The highest BCUT2D eigenvalue weighted by Crippen LogP contribution is 2.52. The Morgan fingerprint density at radius 1 is 1.07 bits per heavy atom. The molecule has 4 atom stereocenters. The average molecular weight is 632 g/mol. The molecular weight excluding hydrogens is 593 g/mol. The van der Waals surface area contributed by atoms with Gasteiger partial charge in [0, 0.05) is 41.7 Å². The molecule has 5 aliphatic rings. The summed E-state index contributed by atoms with van der Waals surface area (Å²) in [5.74, 6) is -7.60. The molecule has 0 saturated heterocycles. The number of carbonyl (C=O) groups is 3. The number of nitrogens with two attached hydrogens (primary N) is 1. The minimum Gasteiger partial charge on any atom is -0.510 e. The molecular formula is C35H38FN3O7. The number of likely N-dealkylation sites (N-methyl/N-ethyl adjacent to an activating group) is 1. The van der Waals surface area contributed by atoms with Crippen LogP contribution < -0.4 is 5.73 Å². The van der Waals surface area contributed by atoms with Gasteiger partial charge >= 0.3 is 0 Å². The number of aliphatic hydroxyl groups is 3. The summed E-state index contributed by atoms with van der Waals surface area (Å²) in [5.41, 5.74) is 4.02. The third-order valence-corrected chi connectivity index (χ3v) is 10.8. The van der Waals surface area contributed by atoms with Crippen LogP contribution in [0, 0.1) is 23.6 Å². The number of ketones is 2. The van der Waals surface area contributed by atoms with Gasteiger partial charge in [-0.1, -0.05) is 24.3 Å². The fourth-order valence-corrected chi connectivity index (χ4v) is 8.46. The van der Waals surface area contributed by atoms with Gasteiger partial charge in [0.1, 0.15) is 28.7 Å². The molecule has 11 heteroatoms. The van der Waals surface area contributed by atoms with Crippen LogP contribution in [0.15, 0.2) is 53.0 Å². The Morgan fingerprint density at radius 2 is 1.72 bits per heavy atom. The Hall–Kier alpha value is -4.06. The van der Waals surface area contributed by atoms with Gasteiger partial charge in [-0.25, -0.2) is 4.39 Å². The van der Waals surface area contributed by atoms with E-state index >= 15 is 4.39 Å². The summed E-state index contributed by atoms with van der Waals surface area (Å²) in [6.07, 6.45) is 3.77. The number of nitrogens with zero attached hydrogens (tertiary/aromatic N) is 2. The van der Waals surface area contributed by atoms with Gasteiger partial charge in [0.2, 0.25) is 5.78 Å². The van der Waals surface area contributed by atoms with E-state index in [0.29, 0.717) is 5.92 Å². The maximum Gasteiger partial charge on any atom is 0.255 e. The first-order valence-electron chi connectivity index (χ1n) is 15.8. The summed E-state index contributed by atoms with van der Waals surface area (Å²) in [6, 6.07) is 8.63. The standard InChI is InChI=1S/C35H38FN3O7/c1-38(2)29-23-12-19-11-22-26(30(41)25(19)32(43)35(23,46)33(44)27(31(29)42)34(37)45)24(40)13-20(28(22)36)15-39(14-16-7-8-16)21-9-17-5-3-4-6-18(17)10-21/h3-6,13,16,19,21,23,29,40,42-43,46H,7-12,14-15H2,1-2H3,(H2,37,45)/t19-,23-,29-,35-/m0/s1. The molecule has 0 radical (unpaired) electrons. The second kappa shape index (κ2) is 10.8. The predicted octanol–water partition coefficient (Wildman–Crippen LogP) is 2.64. The van der Waals surface area contributed by atoms with Crippen molar-refractivity contribution in [3.63, 3.8) is 0 Å². The molecule has 2 aromatic carbocycles. The fourth-order valence-electron chi connectivity index (χ4n) is 8.46.